The van der Waals surface area contributed by atoms with E-state index in [4.69, 9.17) is 0 Å². The molecule has 3 nitrogen and oxygen atoms in total. The van der Waals surface area contributed by atoms with Crippen LogP contribution in [0.15, 0.2) is 0 Å². The highest BCUT2D eigenvalue weighted by Crippen LogP contribution is 2.48. The molecular formula is C11H21NO2S. The molecule has 15 heavy (non-hydrogen) atoms. The first-order valence-corrected chi connectivity index (χ1v) is 7.75. The first kappa shape index (κ1) is 11.4. The lowest BCUT2D eigenvalue weighted by molar-refractivity contribution is 0.401. The zero-order valence-corrected chi connectivity index (χ0v) is 10.2. The lowest BCUT2D eigenvalue weighted by atomic mass is 9.99. The summed E-state index contributed by atoms with van der Waals surface area (Å²) in [5.41, 5.74) is 0. The van der Waals surface area contributed by atoms with Gasteiger partial charge in [-0.3, -0.25) is 0 Å². The number of sulfonamides is 1. The van der Waals surface area contributed by atoms with Gasteiger partial charge in [-0.05, 0) is 49.9 Å². The molecule has 0 unspecified atom stereocenters. The fraction of sp³-hybridized carbons (Fsp3) is 1.00. The van der Waals surface area contributed by atoms with Crippen LogP contribution in [0.1, 0.15) is 39.0 Å². The standard InChI is InChI=1S/C11H21NO2S/c1-2-7-15(13,14)12-8-11(9-3-4-9)10-5-6-10/h9-12H,2-8H2,1H3. The minimum atomic E-state index is -2.99. The lowest BCUT2D eigenvalue weighted by Gasteiger charge is -2.15. The van der Waals surface area contributed by atoms with E-state index in [2.05, 4.69) is 4.72 Å². The Labute approximate surface area is 92.7 Å². The van der Waals surface area contributed by atoms with Crippen molar-refractivity contribution in [2.24, 2.45) is 17.8 Å². The van der Waals surface area contributed by atoms with Crippen molar-refractivity contribution in [3.8, 4) is 0 Å². The number of hydrogen-bond donors (Lipinski definition) is 1. The molecule has 2 aliphatic carbocycles. The smallest absolute Gasteiger partial charge is 0.211 e. The summed E-state index contributed by atoms with van der Waals surface area (Å²) in [7, 11) is -2.99. The summed E-state index contributed by atoms with van der Waals surface area (Å²) in [5.74, 6) is 2.55. The van der Waals surface area contributed by atoms with Crippen molar-refractivity contribution in [2.75, 3.05) is 12.3 Å². The van der Waals surface area contributed by atoms with E-state index < -0.39 is 10.0 Å². The van der Waals surface area contributed by atoms with Gasteiger partial charge in [-0.1, -0.05) is 6.92 Å². The molecule has 4 heteroatoms. The molecule has 0 aromatic carbocycles. The normalized spacial score (nSPS) is 22.3. The summed E-state index contributed by atoms with van der Waals surface area (Å²) >= 11 is 0. The zero-order chi connectivity index (χ0) is 10.9. The minimum Gasteiger partial charge on any atom is -0.215 e. The Hall–Kier alpha value is -0.0900. The highest BCUT2D eigenvalue weighted by atomic mass is 32.2. The van der Waals surface area contributed by atoms with E-state index in [1.54, 1.807) is 0 Å². The van der Waals surface area contributed by atoms with Crippen LogP contribution in [0.2, 0.25) is 0 Å². The Morgan fingerprint density at radius 2 is 1.73 bits per heavy atom. The van der Waals surface area contributed by atoms with Gasteiger partial charge in [0.25, 0.3) is 0 Å². The largest absolute Gasteiger partial charge is 0.215 e. The molecule has 0 atom stereocenters. The SMILES string of the molecule is CCCS(=O)(=O)NCC(C1CC1)C1CC1. The van der Waals surface area contributed by atoms with E-state index in [-0.39, 0.29) is 5.75 Å². The molecule has 88 valence electrons. The van der Waals surface area contributed by atoms with E-state index in [9.17, 15) is 8.42 Å². The summed E-state index contributed by atoms with van der Waals surface area (Å²) in [6, 6.07) is 0. The van der Waals surface area contributed by atoms with Gasteiger partial charge in [0.2, 0.25) is 10.0 Å². The van der Waals surface area contributed by atoms with Gasteiger partial charge in [0.05, 0.1) is 5.75 Å². The predicted molar refractivity (Wildman–Crippen MR) is 61.0 cm³/mol. The van der Waals surface area contributed by atoms with Gasteiger partial charge in [0.1, 0.15) is 0 Å². The van der Waals surface area contributed by atoms with Crippen LogP contribution in [-0.4, -0.2) is 20.7 Å². The van der Waals surface area contributed by atoms with Crippen molar-refractivity contribution in [3.05, 3.63) is 0 Å². The lowest BCUT2D eigenvalue weighted by Crippen LogP contribution is -2.32. The molecule has 2 rings (SSSR count). The molecule has 2 saturated carbocycles. The van der Waals surface area contributed by atoms with Crippen LogP contribution in [-0.2, 0) is 10.0 Å². The van der Waals surface area contributed by atoms with Gasteiger partial charge >= 0.3 is 0 Å². The molecule has 1 N–H and O–H groups in total. The Morgan fingerprint density at radius 1 is 1.20 bits per heavy atom. The van der Waals surface area contributed by atoms with E-state index in [1.165, 1.54) is 25.7 Å². The maximum Gasteiger partial charge on any atom is 0.211 e. The van der Waals surface area contributed by atoms with Crippen molar-refractivity contribution in [1.82, 2.24) is 4.72 Å². The molecule has 0 heterocycles. The quantitative estimate of drug-likeness (QED) is 0.725. The van der Waals surface area contributed by atoms with Crippen molar-refractivity contribution in [1.29, 1.82) is 0 Å². The molecular weight excluding hydrogens is 210 g/mol. The highest BCUT2D eigenvalue weighted by molar-refractivity contribution is 7.89. The Kier molecular flexibility index (Phi) is 3.36. The molecule has 2 fully saturated rings. The summed E-state index contributed by atoms with van der Waals surface area (Å²) in [6.45, 7) is 2.59. The first-order chi connectivity index (χ1) is 7.12. The van der Waals surface area contributed by atoms with E-state index in [0.29, 0.717) is 18.9 Å². The average Bonchev–Trinajstić information content (AvgIpc) is 2.99. The second kappa shape index (κ2) is 4.42. The van der Waals surface area contributed by atoms with Crippen LogP contribution >= 0.6 is 0 Å². The second-order valence-electron chi connectivity index (χ2n) is 5.01. The monoisotopic (exact) mass is 231 g/mol. The van der Waals surface area contributed by atoms with Crippen LogP contribution in [0.25, 0.3) is 0 Å². The topological polar surface area (TPSA) is 46.2 Å². The molecule has 0 bridgehead atoms. The number of hydrogen-bond acceptors (Lipinski definition) is 2. The van der Waals surface area contributed by atoms with E-state index in [0.717, 1.165) is 11.8 Å². The first-order valence-electron chi connectivity index (χ1n) is 6.09. The summed E-state index contributed by atoms with van der Waals surface area (Å²) < 4.78 is 25.8. The molecule has 0 aromatic rings. The number of nitrogens with one attached hydrogen (secondary N) is 1. The Bertz CT molecular complexity index is 293. The Balaban J connectivity index is 1.79. The molecule has 0 radical (unpaired) electrons. The highest BCUT2D eigenvalue weighted by Gasteiger charge is 2.41. The van der Waals surface area contributed by atoms with Crippen molar-refractivity contribution in [2.45, 2.75) is 39.0 Å². The van der Waals surface area contributed by atoms with Crippen LogP contribution in [0.3, 0.4) is 0 Å². The van der Waals surface area contributed by atoms with Crippen molar-refractivity contribution < 1.29 is 8.42 Å². The van der Waals surface area contributed by atoms with Crippen LogP contribution < -0.4 is 4.72 Å². The van der Waals surface area contributed by atoms with Crippen LogP contribution in [0.5, 0.6) is 0 Å². The maximum atomic E-state index is 11.5. The molecule has 0 saturated heterocycles. The third kappa shape index (κ3) is 3.45. The van der Waals surface area contributed by atoms with Gasteiger partial charge in [0.15, 0.2) is 0 Å². The van der Waals surface area contributed by atoms with Gasteiger partial charge < -0.3 is 0 Å². The summed E-state index contributed by atoms with van der Waals surface area (Å²) in [6.07, 6.45) is 5.97. The zero-order valence-electron chi connectivity index (χ0n) is 9.41. The summed E-state index contributed by atoms with van der Waals surface area (Å²) in [5, 5.41) is 0. The number of rotatable bonds is 7. The second-order valence-corrected chi connectivity index (χ2v) is 6.93. The third-order valence-electron chi connectivity index (χ3n) is 3.47. The molecule has 0 amide bonds. The molecule has 0 spiro atoms. The molecule has 0 aromatic heterocycles. The predicted octanol–water partition coefficient (Wildman–Crippen LogP) is 1.75. The van der Waals surface area contributed by atoms with E-state index in [1.807, 2.05) is 6.92 Å². The molecule has 2 aliphatic rings. The van der Waals surface area contributed by atoms with Crippen LogP contribution in [0.4, 0.5) is 0 Å². The van der Waals surface area contributed by atoms with Gasteiger partial charge in [0, 0.05) is 6.54 Å². The summed E-state index contributed by atoms with van der Waals surface area (Å²) in [4.78, 5) is 0. The average molecular weight is 231 g/mol. The van der Waals surface area contributed by atoms with E-state index >= 15 is 0 Å². The fourth-order valence-electron chi connectivity index (χ4n) is 2.33. The fourth-order valence-corrected chi connectivity index (χ4v) is 3.46. The molecule has 0 aliphatic heterocycles. The third-order valence-corrected chi connectivity index (χ3v) is 5.02. The van der Waals surface area contributed by atoms with Crippen molar-refractivity contribution >= 4 is 10.0 Å². The van der Waals surface area contributed by atoms with Crippen LogP contribution in [0, 0.1) is 17.8 Å². The van der Waals surface area contributed by atoms with Gasteiger partial charge in [-0.2, -0.15) is 0 Å². The van der Waals surface area contributed by atoms with Gasteiger partial charge in [-0.25, -0.2) is 13.1 Å². The Morgan fingerprint density at radius 3 is 2.13 bits per heavy atom. The minimum absolute atomic E-state index is 0.273. The maximum absolute atomic E-state index is 11.5. The van der Waals surface area contributed by atoms with Gasteiger partial charge in [-0.15, -0.1) is 0 Å². The van der Waals surface area contributed by atoms with Crippen molar-refractivity contribution in [3.63, 3.8) is 0 Å².